The van der Waals surface area contributed by atoms with Gasteiger partial charge in [0.05, 0.1) is 18.8 Å². The molecule has 140 valence electrons. The molecule has 0 aliphatic carbocycles. The second-order valence-corrected chi connectivity index (χ2v) is 6.93. The monoisotopic (exact) mass is 348 g/mol. The van der Waals surface area contributed by atoms with Crippen LogP contribution in [0.25, 0.3) is 0 Å². The van der Waals surface area contributed by atoms with E-state index >= 15 is 0 Å². The van der Waals surface area contributed by atoms with Crippen LogP contribution in [0.1, 0.15) is 46.6 Å². The molecule has 0 unspecified atom stereocenters. The van der Waals surface area contributed by atoms with Crippen LogP contribution >= 0.6 is 0 Å². The summed E-state index contributed by atoms with van der Waals surface area (Å²) in [4.78, 5) is 11.5. The lowest BCUT2D eigenvalue weighted by Crippen LogP contribution is -2.28. The fourth-order valence-corrected chi connectivity index (χ4v) is 2.66. The molecule has 25 heavy (non-hydrogen) atoms. The van der Waals surface area contributed by atoms with Crippen LogP contribution in [0.4, 0.5) is 0 Å². The van der Waals surface area contributed by atoms with Gasteiger partial charge in [0, 0.05) is 6.08 Å². The van der Waals surface area contributed by atoms with E-state index in [9.17, 15) is 4.79 Å². The molecule has 0 saturated heterocycles. The summed E-state index contributed by atoms with van der Waals surface area (Å²) < 4.78 is 16.6. The molecule has 0 bridgehead atoms. The SMILES string of the molecule is CC(C)OC(=O)/C=C/C[C@H](C)[C@H](OCOCc1ccccc1)C(C)C. The number of allylic oxidation sites excluding steroid dienone is 1. The van der Waals surface area contributed by atoms with Gasteiger partial charge in [0.1, 0.15) is 6.79 Å². The van der Waals surface area contributed by atoms with Crippen LogP contribution in [0.5, 0.6) is 0 Å². The quantitative estimate of drug-likeness (QED) is 0.251. The van der Waals surface area contributed by atoms with Crippen molar-refractivity contribution in [3.05, 3.63) is 48.0 Å². The normalized spacial score (nSPS) is 14.2. The first-order chi connectivity index (χ1) is 11.9. The van der Waals surface area contributed by atoms with Gasteiger partial charge in [-0.15, -0.1) is 0 Å². The van der Waals surface area contributed by atoms with Crippen LogP contribution in [0.2, 0.25) is 0 Å². The van der Waals surface area contributed by atoms with Crippen LogP contribution in [0.3, 0.4) is 0 Å². The molecule has 1 aromatic rings. The molecule has 0 N–H and O–H groups in total. The van der Waals surface area contributed by atoms with Crippen LogP contribution in [-0.2, 0) is 25.6 Å². The van der Waals surface area contributed by atoms with E-state index in [0.29, 0.717) is 12.5 Å². The molecule has 2 atom stereocenters. The summed E-state index contributed by atoms with van der Waals surface area (Å²) in [5.74, 6) is 0.352. The van der Waals surface area contributed by atoms with E-state index in [0.717, 1.165) is 12.0 Å². The van der Waals surface area contributed by atoms with Crippen molar-refractivity contribution < 1.29 is 19.0 Å². The second-order valence-electron chi connectivity index (χ2n) is 6.93. The van der Waals surface area contributed by atoms with Crippen molar-refractivity contribution in [2.45, 2.75) is 59.9 Å². The van der Waals surface area contributed by atoms with Crippen LogP contribution in [0.15, 0.2) is 42.5 Å². The molecule has 1 aromatic carbocycles. The summed E-state index contributed by atoms with van der Waals surface area (Å²) in [6.45, 7) is 10.9. The molecule has 0 spiro atoms. The van der Waals surface area contributed by atoms with Gasteiger partial charge in [-0.25, -0.2) is 4.79 Å². The highest BCUT2D eigenvalue weighted by molar-refractivity contribution is 5.81. The van der Waals surface area contributed by atoms with Gasteiger partial charge in [0.25, 0.3) is 0 Å². The number of carbonyl (C=O) groups excluding carboxylic acids is 1. The number of esters is 1. The highest BCUT2D eigenvalue weighted by atomic mass is 16.7. The lowest BCUT2D eigenvalue weighted by molar-refractivity contribution is -0.141. The first-order valence-electron chi connectivity index (χ1n) is 9.00. The third-order valence-corrected chi connectivity index (χ3v) is 3.79. The number of ether oxygens (including phenoxy) is 3. The predicted octanol–water partition coefficient (Wildman–Crippen LogP) is 4.74. The Morgan fingerprint density at radius 2 is 1.76 bits per heavy atom. The van der Waals surface area contributed by atoms with Crippen molar-refractivity contribution in [2.24, 2.45) is 11.8 Å². The second kappa shape index (κ2) is 11.8. The maximum absolute atomic E-state index is 11.5. The van der Waals surface area contributed by atoms with E-state index in [2.05, 4.69) is 20.8 Å². The Labute approximate surface area is 152 Å². The van der Waals surface area contributed by atoms with Gasteiger partial charge in [-0.3, -0.25) is 0 Å². The molecule has 0 aliphatic rings. The Kier molecular flexibility index (Phi) is 10.1. The van der Waals surface area contributed by atoms with Gasteiger partial charge in [0.2, 0.25) is 0 Å². The number of carbonyl (C=O) groups is 1. The number of hydrogen-bond acceptors (Lipinski definition) is 4. The lowest BCUT2D eigenvalue weighted by atomic mass is 9.92. The molecule has 1 rings (SSSR count). The minimum absolute atomic E-state index is 0.0709. The van der Waals surface area contributed by atoms with E-state index in [1.807, 2.05) is 50.3 Å². The van der Waals surface area contributed by atoms with Gasteiger partial charge in [0.15, 0.2) is 0 Å². The summed E-state index contributed by atoms with van der Waals surface area (Å²) in [6, 6.07) is 10.0. The van der Waals surface area contributed by atoms with Gasteiger partial charge in [-0.05, 0) is 37.7 Å². The average molecular weight is 348 g/mol. The molecule has 0 heterocycles. The van der Waals surface area contributed by atoms with Crippen molar-refractivity contribution in [2.75, 3.05) is 6.79 Å². The number of rotatable bonds is 11. The largest absolute Gasteiger partial charge is 0.460 e. The molecule has 4 heteroatoms. The maximum atomic E-state index is 11.5. The first-order valence-corrected chi connectivity index (χ1v) is 9.00. The summed E-state index contributed by atoms with van der Waals surface area (Å²) in [5, 5.41) is 0. The van der Waals surface area contributed by atoms with E-state index in [1.54, 1.807) is 0 Å². The molecule has 0 aliphatic heterocycles. The molecule has 0 radical (unpaired) electrons. The van der Waals surface area contributed by atoms with Crippen LogP contribution in [-0.4, -0.2) is 25.0 Å². The number of hydrogen-bond donors (Lipinski definition) is 0. The fourth-order valence-electron chi connectivity index (χ4n) is 2.66. The van der Waals surface area contributed by atoms with E-state index in [-0.39, 0.29) is 30.9 Å². The Morgan fingerprint density at radius 3 is 2.36 bits per heavy atom. The van der Waals surface area contributed by atoms with Gasteiger partial charge in [-0.2, -0.15) is 0 Å². The zero-order chi connectivity index (χ0) is 18.7. The third kappa shape index (κ3) is 9.42. The predicted molar refractivity (Wildman–Crippen MR) is 100.0 cm³/mol. The first kappa shape index (κ1) is 21.4. The summed E-state index contributed by atoms with van der Waals surface area (Å²) >= 11 is 0. The van der Waals surface area contributed by atoms with Crippen LogP contribution in [0, 0.1) is 11.8 Å². The fraction of sp³-hybridized carbons (Fsp3) is 0.571. The van der Waals surface area contributed by atoms with Gasteiger partial charge >= 0.3 is 5.97 Å². The van der Waals surface area contributed by atoms with Gasteiger partial charge in [-0.1, -0.05) is 57.2 Å². The van der Waals surface area contributed by atoms with E-state index in [4.69, 9.17) is 14.2 Å². The highest BCUT2D eigenvalue weighted by Gasteiger charge is 2.21. The standard InChI is InChI=1S/C21H32O4/c1-16(2)21(18(5)10-9-13-20(22)25-17(3)4)24-15-23-14-19-11-7-6-8-12-19/h6-9,11-13,16-18,21H,10,14-15H2,1-5H3/b13-9+/t18-,21+/m0/s1. The molecule has 0 fully saturated rings. The van der Waals surface area contributed by atoms with Crippen molar-refractivity contribution >= 4 is 5.97 Å². The van der Waals surface area contributed by atoms with E-state index in [1.165, 1.54) is 6.08 Å². The number of benzene rings is 1. The smallest absolute Gasteiger partial charge is 0.330 e. The molecular weight excluding hydrogens is 316 g/mol. The van der Waals surface area contributed by atoms with Crippen molar-refractivity contribution in [1.29, 1.82) is 0 Å². The molecule has 0 aromatic heterocycles. The summed E-state index contributed by atoms with van der Waals surface area (Å²) in [5.41, 5.74) is 1.13. The Balaban J connectivity index is 2.36. The molecule has 0 amide bonds. The summed E-state index contributed by atoms with van der Waals surface area (Å²) in [7, 11) is 0. The van der Waals surface area contributed by atoms with Crippen molar-refractivity contribution in [1.82, 2.24) is 0 Å². The lowest BCUT2D eigenvalue weighted by Gasteiger charge is -2.27. The molecule has 0 saturated carbocycles. The minimum Gasteiger partial charge on any atom is -0.460 e. The van der Waals surface area contributed by atoms with E-state index < -0.39 is 0 Å². The van der Waals surface area contributed by atoms with Crippen molar-refractivity contribution in [3.63, 3.8) is 0 Å². The average Bonchev–Trinajstić information content (AvgIpc) is 2.54. The van der Waals surface area contributed by atoms with Crippen molar-refractivity contribution in [3.8, 4) is 0 Å². The molecule has 4 nitrogen and oxygen atoms in total. The van der Waals surface area contributed by atoms with Gasteiger partial charge < -0.3 is 14.2 Å². The maximum Gasteiger partial charge on any atom is 0.330 e. The van der Waals surface area contributed by atoms with Crippen LogP contribution < -0.4 is 0 Å². The zero-order valence-electron chi connectivity index (χ0n) is 16.1. The Hall–Kier alpha value is -1.65. The zero-order valence-corrected chi connectivity index (χ0v) is 16.1. The molecular formula is C21H32O4. The summed E-state index contributed by atoms with van der Waals surface area (Å²) in [6.07, 6.45) is 4.10. The topological polar surface area (TPSA) is 44.8 Å². The third-order valence-electron chi connectivity index (χ3n) is 3.79. The minimum atomic E-state index is -0.296. The highest BCUT2D eigenvalue weighted by Crippen LogP contribution is 2.20. The Bertz CT molecular complexity index is 508. The Morgan fingerprint density at radius 1 is 1.08 bits per heavy atom.